The molecule has 0 saturated carbocycles. The van der Waals surface area contributed by atoms with Crippen LogP contribution in [0.25, 0.3) is 12.2 Å². The zero-order chi connectivity index (χ0) is 18.4. The van der Waals surface area contributed by atoms with Crippen LogP contribution in [0.3, 0.4) is 0 Å². The van der Waals surface area contributed by atoms with E-state index in [0.717, 1.165) is 16.9 Å². The van der Waals surface area contributed by atoms with E-state index in [4.69, 9.17) is 10.00 Å². The third-order valence-electron chi connectivity index (χ3n) is 3.92. The molecule has 0 fully saturated rings. The van der Waals surface area contributed by atoms with Gasteiger partial charge in [0.25, 0.3) is 5.56 Å². The smallest absolute Gasteiger partial charge is 0.282 e. The number of hydrogen-bond donors (Lipinski definition) is 1. The molecular formula is C21H17N3O2. The van der Waals surface area contributed by atoms with Crippen LogP contribution in [0.1, 0.15) is 27.9 Å². The van der Waals surface area contributed by atoms with Gasteiger partial charge in [0.1, 0.15) is 24.0 Å². The quantitative estimate of drug-likeness (QED) is 0.766. The molecule has 0 saturated heterocycles. The molecule has 0 spiro atoms. The molecule has 0 radical (unpaired) electrons. The highest BCUT2D eigenvalue weighted by Gasteiger charge is 2.07. The van der Waals surface area contributed by atoms with Gasteiger partial charge in [0.2, 0.25) is 0 Å². The van der Waals surface area contributed by atoms with Crippen LogP contribution in [-0.2, 0) is 6.61 Å². The molecule has 2 aromatic carbocycles. The number of rotatable bonds is 5. The van der Waals surface area contributed by atoms with Crippen molar-refractivity contribution in [3.63, 3.8) is 0 Å². The topological polar surface area (TPSA) is 78.8 Å². The van der Waals surface area contributed by atoms with Crippen LogP contribution in [-0.4, -0.2) is 10.2 Å². The van der Waals surface area contributed by atoms with Crippen molar-refractivity contribution in [1.29, 1.82) is 5.26 Å². The summed E-state index contributed by atoms with van der Waals surface area (Å²) in [7, 11) is 0. The number of hydrogen-bond acceptors (Lipinski definition) is 4. The van der Waals surface area contributed by atoms with Crippen molar-refractivity contribution in [2.75, 3.05) is 0 Å². The minimum Gasteiger partial charge on any atom is -0.489 e. The van der Waals surface area contributed by atoms with E-state index in [1.807, 2.05) is 66.7 Å². The maximum atomic E-state index is 11.5. The van der Waals surface area contributed by atoms with E-state index in [-0.39, 0.29) is 5.56 Å². The second-order valence-corrected chi connectivity index (χ2v) is 5.73. The van der Waals surface area contributed by atoms with Gasteiger partial charge in [0.05, 0.1) is 5.69 Å². The Hall–Kier alpha value is -3.65. The number of benzene rings is 2. The van der Waals surface area contributed by atoms with Crippen LogP contribution in [0.5, 0.6) is 5.75 Å². The lowest BCUT2D eigenvalue weighted by Gasteiger charge is -2.07. The summed E-state index contributed by atoms with van der Waals surface area (Å²) in [5.74, 6) is 0.764. The highest BCUT2D eigenvalue weighted by molar-refractivity contribution is 5.70. The van der Waals surface area contributed by atoms with Crippen molar-refractivity contribution in [1.82, 2.24) is 10.2 Å². The van der Waals surface area contributed by atoms with Crippen molar-refractivity contribution >= 4 is 12.2 Å². The molecule has 0 bridgehead atoms. The van der Waals surface area contributed by atoms with E-state index in [0.29, 0.717) is 17.9 Å². The fourth-order valence-electron chi connectivity index (χ4n) is 2.47. The standard InChI is InChI=1S/C21H17N3O2/c1-15-19(13-22)21(25)24-23-20(15)11-10-16-8-5-9-18(12-16)26-14-17-6-3-2-4-7-17/h2-12H,14H2,1H3,(H,24,25)/b11-10+. The van der Waals surface area contributed by atoms with Crippen molar-refractivity contribution in [3.05, 3.63) is 92.9 Å². The molecular weight excluding hydrogens is 326 g/mol. The maximum absolute atomic E-state index is 11.5. The van der Waals surface area contributed by atoms with Crippen LogP contribution in [0.2, 0.25) is 0 Å². The molecule has 3 aromatic rings. The fraction of sp³-hybridized carbons (Fsp3) is 0.0952. The first-order valence-corrected chi connectivity index (χ1v) is 8.11. The van der Waals surface area contributed by atoms with Crippen molar-refractivity contribution in [2.24, 2.45) is 0 Å². The van der Waals surface area contributed by atoms with Crippen LogP contribution >= 0.6 is 0 Å². The van der Waals surface area contributed by atoms with Crippen LogP contribution in [0.15, 0.2) is 59.4 Å². The first-order chi connectivity index (χ1) is 12.7. The van der Waals surface area contributed by atoms with Crippen LogP contribution in [0.4, 0.5) is 0 Å². The average Bonchev–Trinajstić information content (AvgIpc) is 2.67. The molecule has 1 aromatic heterocycles. The van der Waals surface area contributed by atoms with Gasteiger partial charge in [-0.15, -0.1) is 0 Å². The van der Waals surface area contributed by atoms with Gasteiger partial charge < -0.3 is 4.74 Å². The second kappa shape index (κ2) is 7.95. The summed E-state index contributed by atoms with van der Waals surface area (Å²) in [4.78, 5) is 11.5. The molecule has 26 heavy (non-hydrogen) atoms. The Labute approximate surface area is 151 Å². The second-order valence-electron chi connectivity index (χ2n) is 5.73. The molecule has 3 rings (SSSR count). The zero-order valence-electron chi connectivity index (χ0n) is 14.3. The predicted octanol–water partition coefficient (Wildman–Crippen LogP) is 3.70. The minimum atomic E-state index is -0.474. The Morgan fingerprint density at radius 2 is 1.96 bits per heavy atom. The third kappa shape index (κ3) is 4.05. The summed E-state index contributed by atoms with van der Waals surface area (Å²) in [6.07, 6.45) is 3.63. The highest BCUT2D eigenvalue weighted by atomic mass is 16.5. The predicted molar refractivity (Wildman–Crippen MR) is 100 cm³/mol. The van der Waals surface area contributed by atoms with E-state index < -0.39 is 5.56 Å². The van der Waals surface area contributed by atoms with E-state index in [9.17, 15) is 4.79 Å². The van der Waals surface area contributed by atoms with E-state index >= 15 is 0 Å². The molecule has 0 aliphatic heterocycles. The third-order valence-corrected chi connectivity index (χ3v) is 3.92. The van der Waals surface area contributed by atoms with Gasteiger partial charge in [0, 0.05) is 0 Å². The van der Waals surface area contributed by atoms with Gasteiger partial charge in [0.15, 0.2) is 0 Å². The number of ether oxygens (including phenoxy) is 1. The molecule has 1 heterocycles. The van der Waals surface area contributed by atoms with Crippen molar-refractivity contribution < 1.29 is 4.74 Å². The molecule has 0 aliphatic rings. The van der Waals surface area contributed by atoms with Gasteiger partial charge in [-0.25, -0.2) is 5.10 Å². The number of aromatic amines is 1. The summed E-state index contributed by atoms with van der Waals surface area (Å²) in [5.41, 5.74) is 2.76. The monoisotopic (exact) mass is 343 g/mol. The van der Waals surface area contributed by atoms with Crippen LogP contribution < -0.4 is 10.3 Å². The molecule has 1 N–H and O–H groups in total. The highest BCUT2D eigenvalue weighted by Crippen LogP contribution is 2.17. The summed E-state index contributed by atoms with van der Waals surface area (Å²) in [6, 6.07) is 19.5. The molecule has 0 amide bonds. The molecule has 128 valence electrons. The Bertz CT molecular complexity index is 1030. The number of nitriles is 1. The average molecular weight is 343 g/mol. The van der Waals surface area contributed by atoms with Gasteiger partial charge in [-0.05, 0) is 41.8 Å². The Morgan fingerprint density at radius 1 is 1.15 bits per heavy atom. The lowest BCUT2D eigenvalue weighted by Crippen LogP contribution is -2.15. The number of nitrogens with zero attached hydrogens (tertiary/aromatic N) is 2. The molecule has 5 heteroatoms. The summed E-state index contributed by atoms with van der Waals surface area (Å²) >= 11 is 0. The summed E-state index contributed by atoms with van der Waals surface area (Å²) in [5, 5.41) is 15.4. The summed E-state index contributed by atoms with van der Waals surface area (Å²) in [6.45, 7) is 2.21. The lowest BCUT2D eigenvalue weighted by atomic mass is 10.1. The Balaban J connectivity index is 1.76. The molecule has 0 atom stereocenters. The largest absolute Gasteiger partial charge is 0.489 e. The van der Waals surface area contributed by atoms with Crippen molar-refractivity contribution in [2.45, 2.75) is 13.5 Å². The maximum Gasteiger partial charge on any atom is 0.282 e. The number of H-pyrrole nitrogens is 1. The number of nitrogens with one attached hydrogen (secondary N) is 1. The first kappa shape index (κ1) is 17.2. The van der Waals surface area contributed by atoms with Gasteiger partial charge in [-0.1, -0.05) is 48.5 Å². The normalized spacial score (nSPS) is 10.6. The van der Waals surface area contributed by atoms with Gasteiger partial charge in [-0.2, -0.15) is 10.4 Å². The van der Waals surface area contributed by atoms with Crippen LogP contribution in [0, 0.1) is 18.3 Å². The lowest BCUT2D eigenvalue weighted by molar-refractivity contribution is 0.306. The fourth-order valence-corrected chi connectivity index (χ4v) is 2.47. The van der Waals surface area contributed by atoms with E-state index in [1.165, 1.54) is 0 Å². The SMILES string of the molecule is Cc1c(/C=C/c2cccc(OCc3ccccc3)c2)n[nH]c(=O)c1C#N. The first-order valence-electron chi connectivity index (χ1n) is 8.11. The Kier molecular flexibility index (Phi) is 5.25. The van der Waals surface area contributed by atoms with Gasteiger partial charge in [-0.3, -0.25) is 4.79 Å². The summed E-state index contributed by atoms with van der Waals surface area (Å²) < 4.78 is 5.82. The van der Waals surface area contributed by atoms with E-state index in [1.54, 1.807) is 13.0 Å². The van der Waals surface area contributed by atoms with Crippen molar-refractivity contribution in [3.8, 4) is 11.8 Å². The molecule has 0 aliphatic carbocycles. The van der Waals surface area contributed by atoms with E-state index in [2.05, 4.69) is 10.2 Å². The molecule has 5 nitrogen and oxygen atoms in total. The Morgan fingerprint density at radius 3 is 2.73 bits per heavy atom. The zero-order valence-corrected chi connectivity index (χ0v) is 14.3. The number of aromatic nitrogens is 2. The molecule has 0 unspecified atom stereocenters. The van der Waals surface area contributed by atoms with Gasteiger partial charge >= 0.3 is 0 Å². The minimum absolute atomic E-state index is 0.0830.